The molecule has 3 atom stereocenters. The minimum Gasteiger partial charge on any atom is -0.312 e. The van der Waals surface area contributed by atoms with Crippen molar-refractivity contribution in [3.63, 3.8) is 0 Å². The van der Waals surface area contributed by atoms with Gasteiger partial charge in [0.2, 0.25) is 5.91 Å². The predicted octanol–water partition coefficient (Wildman–Crippen LogP) is 4.18. The first-order valence-corrected chi connectivity index (χ1v) is 9.87. The van der Waals surface area contributed by atoms with Crippen LogP contribution in [0.3, 0.4) is 0 Å². The Morgan fingerprint density at radius 1 is 1.04 bits per heavy atom. The van der Waals surface area contributed by atoms with E-state index in [0.717, 1.165) is 43.0 Å². The second-order valence-corrected chi connectivity index (χ2v) is 8.04. The molecular weight excluding hydrogens is 296 g/mol. The van der Waals surface area contributed by atoms with Crippen molar-refractivity contribution in [1.29, 1.82) is 0 Å². The van der Waals surface area contributed by atoms with Gasteiger partial charge in [0.1, 0.15) is 0 Å². The van der Waals surface area contributed by atoms with Crippen molar-refractivity contribution >= 4 is 11.6 Å². The lowest BCUT2D eigenvalue weighted by Gasteiger charge is -2.21. The third-order valence-electron chi connectivity index (χ3n) is 6.29. The number of amides is 1. The van der Waals surface area contributed by atoms with Crippen molar-refractivity contribution < 1.29 is 4.79 Å². The Balaban J connectivity index is 1.37. The van der Waals surface area contributed by atoms with Gasteiger partial charge in [-0.3, -0.25) is 4.79 Å². The van der Waals surface area contributed by atoms with Crippen LogP contribution >= 0.6 is 0 Å². The van der Waals surface area contributed by atoms with Gasteiger partial charge in [-0.2, -0.15) is 0 Å². The molecule has 0 bridgehead atoms. The molecule has 130 valence electrons. The van der Waals surface area contributed by atoms with E-state index in [1.807, 2.05) is 4.90 Å². The number of likely N-dealkylation sites (tertiary alicyclic amines) is 1. The van der Waals surface area contributed by atoms with E-state index >= 15 is 0 Å². The van der Waals surface area contributed by atoms with Crippen LogP contribution in [0.5, 0.6) is 0 Å². The number of hydrogen-bond donors (Lipinski definition) is 0. The van der Waals surface area contributed by atoms with E-state index in [1.54, 1.807) is 0 Å². The number of anilines is 1. The Hall–Kier alpha value is -1.35. The maximum atomic E-state index is 12.2. The molecule has 2 heterocycles. The summed E-state index contributed by atoms with van der Waals surface area (Å²) in [6, 6.07) is 9.67. The molecule has 0 aromatic heterocycles. The molecule has 1 unspecified atom stereocenters. The monoisotopic (exact) mass is 326 g/mol. The van der Waals surface area contributed by atoms with E-state index in [1.165, 1.54) is 44.3 Å². The van der Waals surface area contributed by atoms with Crippen molar-refractivity contribution in [3.8, 4) is 0 Å². The lowest BCUT2D eigenvalue weighted by molar-refractivity contribution is -0.118. The van der Waals surface area contributed by atoms with Crippen LogP contribution in [-0.4, -0.2) is 36.5 Å². The summed E-state index contributed by atoms with van der Waals surface area (Å²) in [5.41, 5.74) is 2.56. The highest BCUT2D eigenvalue weighted by Gasteiger charge is 2.40. The normalized spacial score (nSPS) is 31.3. The molecule has 1 amide bonds. The topological polar surface area (TPSA) is 23.6 Å². The Morgan fingerprint density at radius 3 is 2.62 bits per heavy atom. The zero-order chi connectivity index (χ0) is 16.5. The van der Waals surface area contributed by atoms with Crippen LogP contribution in [0.1, 0.15) is 63.4 Å². The van der Waals surface area contributed by atoms with E-state index in [4.69, 9.17) is 0 Å². The summed E-state index contributed by atoms with van der Waals surface area (Å²) in [4.78, 5) is 16.9. The maximum absolute atomic E-state index is 12.2. The van der Waals surface area contributed by atoms with Gasteiger partial charge in [0.05, 0.1) is 0 Å². The van der Waals surface area contributed by atoms with E-state index in [-0.39, 0.29) is 0 Å². The average Bonchev–Trinajstić information content (AvgIpc) is 3.29. The summed E-state index contributed by atoms with van der Waals surface area (Å²) in [7, 11) is 0. The molecule has 1 aliphatic carbocycles. The first-order chi connectivity index (χ1) is 11.7. The highest BCUT2D eigenvalue weighted by Crippen LogP contribution is 2.48. The summed E-state index contributed by atoms with van der Waals surface area (Å²) in [6.45, 7) is 5.83. The first-order valence-electron chi connectivity index (χ1n) is 9.87. The van der Waals surface area contributed by atoms with Crippen molar-refractivity contribution in [2.75, 3.05) is 24.5 Å². The smallest absolute Gasteiger partial charge is 0.226 e. The van der Waals surface area contributed by atoms with Crippen LogP contribution < -0.4 is 4.90 Å². The Morgan fingerprint density at radius 2 is 1.88 bits per heavy atom. The zero-order valence-electron chi connectivity index (χ0n) is 14.9. The van der Waals surface area contributed by atoms with Crippen LogP contribution in [0.2, 0.25) is 0 Å². The van der Waals surface area contributed by atoms with Gasteiger partial charge in [0.25, 0.3) is 0 Å². The Labute approximate surface area is 146 Å². The molecule has 2 aliphatic heterocycles. The molecule has 1 aromatic carbocycles. The van der Waals surface area contributed by atoms with Gasteiger partial charge in [-0.25, -0.2) is 0 Å². The predicted molar refractivity (Wildman–Crippen MR) is 98.4 cm³/mol. The Bertz CT molecular complexity index is 582. The summed E-state index contributed by atoms with van der Waals surface area (Å²) in [6.07, 6.45) is 8.15. The quantitative estimate of drug-likeness (QED) is 0.828. The third kappa shape index (κ3) is 3.37. The highest BCUT2D eigenvalue weighted by molar-refractivity contribution is 5.93. The van der Waals surface area contributed by atoms with Crippen LogP contribution in [-0.2, 0) is 4.79 Å². The summed E-state index contributed by atoms with van der Waals surface area (Å²) < 4.78 is 0. The largest absolute Gasteiger partial charge is 0.312 e. The van der Waals surface area contributed by atoms with Gasteiger partial charge in [-0.1, -0.05) is 18.6 Å². The zero-order valence-corrected chi connectivity index (χ0v) is 14.9. The van der Waals surface area contributed by atoms with E-state index in [0.29, 0.717) is 12.3 Å². The molecule has 3 heteroatoms. The van der Waals surface area contributed by atoms with Crippen LogP contribution in [0.15, 0.2) is 24.3 Å². The molecule has 24 heavy (non-hydrogen) atoms. The second kappa shape index (κ2) is 6.87. The maximum Gasteiger partial charge on any atom is 0.226 e. The Kier molecular flexibility index (Phi) is 4.62. The lowest BCUT2D eigenvalue weighted by atomic mass is 10.1. The summed E-state index contributed by atoms with van der Waals surface area (Å²) >= 11 is 0. The van der Waals surface area contributed by atoms with Crippen molar-refractivity contribution in [2.45, 2.75) is 63.8 Å². The number of rotatable bonds is 4. The number of carbonyl (C=O) groups excluding carboxylic acids is 1. The first kappa shape index (κ1) is 16.1. The molecule has 1 saturated carbocycles. The third-order valence-corrected chi connectivity index (χ3v) is 6.29. The van der Waals surface area contributed by atoms with E-state index in [2.05, 4.69) is 36.1 Å². The molecule has 0 radical (unpaired) electrons. The summed E-state index contributed by atoms with van der Waals surface area (Å²) in [5.74, 6) is 1.88. The molecular formula is C21H30N2O. The van der Waals surface area contributed by atoms with E-state index in [9.17, 15) is 4.79 Å². The molecule has 3 aliphatic rings. The minimum absolute atomic E-state index is 0.299. The van der Waals surface area contributed by atoms with Crippen molar-refractivity contribution in [2.24, 2.45) is 5.92 Å². The van der Waals surface area contributed by atoms with Crippen molar-refractivity contribution in [1.82, 2.24) is 4.90 Å². The minimum atomic E-state index is 0.299. The second-order valence-electron chi connectivity index (χ2n) is 8.04. The van der Waals surface area contributed by atoms with Crippen LogP contribution in [0.25, 0.3) is 0 Å². The van der Waals surface area contributed by atoms with Crippen LogP contribution in [0.4, 0.5) is 5.69 Å². The SMILES string of the molecule is C[C@H]1CCCN1CC1C[C@@H]1c1ccc(N2CCCCCC2=O)cc1. The fourth-order valence-corrected chi connectivity index (χ4v) is 4.58. The molecule has 1 aromatic rings. The van der Waals surface area contributed by atoms with Gasteiger partial charge in [0.15, 0.2) is 0 Å². The van der Waals surface area contributed by atoms with Crippen molar-refractivity contribution in [3.05, 3.63) is 29.8 Å². The molecule has 4 rings (SSSR count). The van der Waals surface area contributed by atoms with Gasteiger partial charge >= 0.3 is 0 Å². The van der Waals surface area contributed by atoms with Gasteiger partial charge in [0, 0.05) is 31.2 Å². The molecule has 0 N–H and O–H groups in total. The standard InChI is InChI=1S/C21H30N2O/c1-16-6-5-12-22(16)15-18-14-20(18)17-8-10-19(11-9-17)23-13-4-2-3-7-21(23)24/h8-11,16,18,20H,2-7,12-15H2,1H3/t16-,18?,20+/m0/s1. The number of hydrogen-bond acceptors (Lipinski definition) is 2. The summed E-state index contributed by atoms with van der Waals surface area (Å²) in [5, 5.41) is 0. The fraction of sp³-hybridized carbons (Fsp3) is 0.667. The molecule has 2 saturated heterocycles. The number of nitrogens with zero attached hydrogens (tertiary/aromatic N) is 2. The van der Waals surface area contributed by atoms with Gasteiger partial charge < -0.3 is 9.80 Å². The average molecular weight is 326 g/mol. The van der Waals surface area contributed by atoms with E-state index < -0.39 is 0 Å². The van der Waals surface area contributed by atoms with Gasteiger partial charge in [-0.05, 0) is 75.1 Å². The van der Waals surface area contributed by atoms with Gasteiger partial charge in [-0.15, -0.1) is 0 Å². The number of carbonyl (C=O) groups is 1. The molecule has 3 fully saturated rings. The number of benzene rings is 1. The molecule has 0 spiro atoms. The van der Waals surface area contributed by atoms with Crippen LogP contribution in [0, 0.1) is 5.92 Å². The lowest BCUT2D eigenvalue weighted by Crippen LogP contribution is -2.29. The highest BCUT2D eigenvalue weighted by atomic mass is 16.2. The molecule has 3 nitrogen and oxygen atoms in total. The fourth-order valence-electron chi connectivity index (χ4n) is 4.58.